The van der Waals surface area contributed by atoms with Gasteiger partial charge in [0, 0.05) is 11.4 Å². The molecular formula is C12H21BrO. The summed E-state index contributed by atoms with van der Waals surface area (Å²) in [5.74, 6) is 0.993. The summed E-state index contributed by atoms with van der Waals surface area (Å²) < 4.78 is 5.95. The molecule has 0 aromatic heterocycles. The number of ether oxygens (including phenoxy) is 1. The third-order valence-electron chi connectivity index (χ3n) is 3.70. The monoisotopic (exact) mass is 260 g/mol. The number of rotatable bonds is 4. The molecule has 1 nitrogen and oxygen atoms in total. The Morgan fingerprint density at radius 2 is 1.79 bits per heavy atom. The molecule has 0 saturated heterocycles. The van der Waals surface area contributed by atoms with Gasteiger partial charge >= 0.3 is 0 Å². The normalized spacial score (nSPS) is 34.1. The molecule has 0 aliphatic heterocycles. The third-order valence-corrected chi connectivity index (χ3v) is 4.75. The molecule has 2 atom stereocenters. The molecule has 2 unspecified atom stereocenters. The van der Waals surface area contributed by atoms with Crippen LogP contribution in [0.3, 0.4) is 0 Å². The Hall–Kier alpha value is 0.440. The van der Waals surface area contributed by atoms with E-state index in [0.29, 0.717) is 10.9 Å². The molecule has 0 aromatic rings. The van der Waals surface area contributed by atoms with Gasteiger partial charge in [-0.25, -0.2) is 0 Å². The first kappa shape index (κ1) is 10.9. The van der Waals surface area contributed by atoms with Crippen molar-refractivity contribution < 1.29 is 4.74 Å². The van der Waals surface area contributed by atoms with Crippen LogP contribution < -0.4 is 0 Å². The quantitative estimate of drug-likeness (QED) is 0.697. The molecule has 2 heteroatoms. The van der Waals surface area contributed by atoms with Crippen LogP contribution in [0.25, 0.3) is 0 Å². The molecule has 0 aromatic carbocycles. The first-order valence-corrected chi connectivity index (χ1v) is 7.03. The van der Waals surface area contributed by atoms with Crippen LogP contribution in [0.15, 0.2) is 0 Å². The molecular weight excluding hydrogens is 240 g/mol. The highest BCUT2D eigenvalue weighted by atomic mass is 79.9. The Morgan fingerprint density at radius 1 is 1.00 bits per heavy atom. The van der Waals surface area contributed by atoms with Crippen molar-refractivity contribution in [3.05, 3.63) is 0 Å². The van der Waals surface area contributed by atoms with Gasteiger partial charge in [-0.2, -0.15) is 0 Å². The van der Waals surface area contributed by atoms with Crippen molar-refractivity contribution in [1.82, 2.24) is 0 Å². The van der Waals surface area contributed by atoms with Crippen molar-refractivity contribution >= 4 is 15.9 Å². The van der Waals surface area contributed by atoms with Crippen LogP contribution in [-0.2, 0) is 4.74 Å². The number of hydrogen-bond acceptors (Lipinski definition) is 1. The average Bonchev–Trinajstić information content (AvgIpc) is 2.12. The van der Waals surface area contributed by atoms with Crippen LogP contribution in [0.4, 0.5) is 0 Å². The molecule has 0 amide bonds. The fourth-order valence-electron chi connectivity index (χ4n) is 2.41. The summed E-state index contributed by atoms with van der Waals surface area (Å²) in [5, 5.41) is 0. The van der Waals surface area contributed by atoms with E-state index < -0.39 is 0 Å². The van der Waals surface area contributed by atoms with Gasteiger partial charge in [0.25, 0.3) is 0 Å². The SMILES string of the molecule is BrC1CCCCC1OCCC1CCC1. The van der Waals surface area contributed by atoms with Gasteiger partial charge in [-0.3, -0.25) is 0 Å². The van der Waals surface area contributed by atoms with Crippen molar-refractivity contribution in [2.24, 2.45) is 5.92 Å². The summed E-state index contributed by atoms with van der Waals surface area (Å²) >= 11 is 3.73. The minimum atomic E-state index is 0.504. The van der Waals surface area contributed by atoms with Crippen LogP contribution in [0, 0.1) is 5.92 Å². The van der Waals surface area contributed by atoms with Crippen molar-refractivity contribution in [3.8, 4) is 0 Å². The number of alkyl halides is 1. The van der Waals surface area contributed by atoms with E-state index in [1.807, 2.05) is 0 Å². The second-order valence-corrected chi connectivity index (χ2v) is 5.97. The fourth-order valence-corrected chi connectivity index (χ4v) is 3.15. The van der Waals surface area contributed by atoms with Gasteiger partial charge < -0.3 is 4.74 Å². The Bertz CT molecular complexity index is 168. The zero-order valence-corrected chi connectivity index (χ0v) is 10.5. The molecule has 2 aliphatic carbocycles. The lowest BCUT2D eigenvalue weighted by atomic mass is 9.83. The van der Waals surface area contributed by atoms with Crippen LogP contribution in [0.1, 0.15) is 51.4 Å². The predicted molar refractivity (Wildman–Crippen MR) is 62.9 cm³/mol. The van der Waals surface area contributed by atoms with Crippen LogP contribution in [-0.4, -0.2) is 17.5 Å². The van der Waals surface area contributed by atoms with E-state index >= 15 is 0 Å². The van der Waals surface area contributed by atoms with E-state index in [1.165, 1.54) is 51.4 Å². The van der Waals surface area contributed by atoms with E-state index in [4.69, 9.17) is 4.74 Å². The van der Waals surface area contributed by atoms with E-state index in [9.17, 15) is 0 Å². The maximum Gasteiger partial charge on any atom is 0.0700 e. The van der Waals surface area contributed by atoms with Crippen molar-refractivity contribution in [2.75, 3.05) is 6.61 Å². The van der Waals surface area contributed by atoms with Gasteiger partial charge in [-0.1, -0.05) is 48.0 Å². The smallest absolute Gasteiger partial charge is 0.0700 e. The van der Waals surface area contributed by atoms with E-state index in [0.717, 1.165) is 12.5 Å². The maximum absolute atomic E-state index is 5.95. The zero-order valence-electron chi connectivity index (χ0n) is 8.88. The first-order chi connectivity index (χ1) is 6.86. The van der Waals surface area contributed by atoms with E-state index in [1.54, 1.807) is 0 Å². The molecule has 0 radical (unpaired) electrons. The van der Waals surface area contributed by atoms with E-state index in [2.05, 4.69) is 15.9 Å². The predicted octanol–water partition coefficient (Wildman–Crippen LogP) is 3.90. The largest absolute Gasteiger partial charge is 0.377 e. The standard InChI is InChI=1S/C12H21BrO/c13-11-6-1-2-7-12(11)14-9-8-10-4-3-5-10/h10-12H,1-9H2. The summed E-state index contributed by atoms with van der Waals surface area (Å²) in [7, 11) is 0. The van der Waals surface area contributed by atoms with Gasteiger partial charge in [0.2, 0.25) is 0 Å². The topological polar surface area (TPSA) is 9.23 Å². The summed E-state index contributed by atoms with van der Waals surface area (Å²) in [6, 6.07) is 0. The summed E-state index contributed by atoms with van der Waals surface area (Å²) in [4.78, 5) is 0.623. The molecule has 2 rings (SSSR count). The Kier molecular flexibility index (Phi) is 4.30. The van der Waals surface area contributed by atoms with Gasteiger partial charge in [0.05, 0.1) is 6.10 Å². The van der Waals surface area contributed by atoms with Crippen molar-refractivity contribution in [2.45, 2.75) is 62.3 Å². The summed E-state index contributed by atoms with van der Waals surface area (Å²) in [5.41, 5.74) is 0. The molecule has 0 bridgehead atoms. The average molecular weight is 261 g/mol. The Morgan fingerprint density at radius 3 is 2.43 bits per heavy atom. The lowest BCUT2D eigenvalue weighted by molar-refractivity contribution is 0.0216. The highest BCUT2D eigenvalue weighted by molar-refractivity contribution is 9.09. The van der Waals surface area contributed by atoms with Crippen LogP contribution >= 0.6 is 15.9 Å². The zero-order chi connectivity index (χ0) is 9.80. The van der Waals surface area contributed by atoms with E-state index in [-0.39, 0.29) is 0 Å². The molecule has 0 N–H and O–H groups in total. The second kappa shape index (κ2) is 5.50. The Balaban J connectivity index is 1.58. The fraction of sp³-hybridized carbons (Fsp3) is 1.00. The number of halogens is 1. The van der Waals surface area contributed by atoms with Crippen molar-refractivity contribution in [3.63, 3.8) is 0 Å². The molecule has 0 heterocycles. The minimum absolute atomic E-state index is 0.504. The molecule has 0 spiro atoms. The van der Waals surface area contributed by atoms with Crippen LogP contribution in [0.2, 0.25) is 0 Å². The molecule has 2 aliphatic rings. The Labute approximate surface area is 95.7 Å². The molecule has 14 heavy (non-hydrogen) atoms. The van der Waals surface area contributed by atoms with Gasteiger partial charge in [0.1, 0.15) is 0 Å². The molecule has 2 saturated carbocycles. The van der Waals surface area contributed by atoms with Crippen molar-refractivity contribution in [1.29, 1.82) is 0 Å². The minimum Gasteiger partial charge on any atom is -0.377 e. The highest BCUT2D eigenvalue weighted by Gasteiger charge is 2.24. The molecule has 2 fully saturated rings. The summed E-state index contributed by atoms with van der Waals surface area (Å²) in [6.07, 6.45) is 11.5. The third kappa shape index (κ3) is 2.96. The summed E-state index contributed by atoms with van der Waals surface area (Å²) in [6.45, 7) is 0.997. The van der Waals surface area contributed by atoms with Gasteiger partial charge in [-0.05, 0) is 25.2 Å². The maximum atomic E-state index is 5.95. The number of hydrogen-bond donors (Lipinski definition) is 0. The second-order valence-electron chi connectivity index (χ2n) is 4.80. The lowest BCUT2D eigenvalue weighted by Gasteiger charge is -2.30. The molecule has 82 valence electrons. The highest BCUT2D eigenvalue weighted by Crippen LogP contribution is 2.31. The van der Waals surface area contributed by atoms with Crippen LogP contribution in [0.5, 0.6) is 0 Å². The van der Waals surface area contributed by atoms with Gasteiger partial charge in [0.15, 0.2) is 0 Å². The van der Waals surface area contributed by atoms with Gasteiger partial charge in [-0.15, -0.1) is 0 Å². The first-order valence-electron chi connectivity index (χ1n) is 6.12. The lowest BCUT2D eigenvalue weighted by Crippen LogP contribution is -2.29.